The summed E-state index contributed by atoms with van der Waals surface area (Å²) >= 11 is 6.02. The van der Waals surface area contributed by atoms with Crippen LogP contribution in [0.25, 0.3) is 0 Å². The minimum absolute atomic E-state index is 0.0309. The second kappa shape index (κ2) is 7.21. The van der Waals surface area contributed by atoms with Crippen LogP contribution < -0.4 is 4.74 Å². The van der Waals surface area contributed by atoms with Crippen LogP contribution in [0.4, 0.5) is 4.79 Å². The zero-order valence-corrected chi connectivity index (χ0v) is 14.6. The summed E-state index contributed by atoms with van der Waals surface area (Å²) in [4.78, 5) is 17.9. The molecule has 2 heterocycles. The van der Waals surface area contributed by atoms with Crippen LogP contribution in [0.5, 0.6) is 5.75 Å². The number of halogens is 1. The molecule has 0 unspecified atom stereocenters. The van der Waals surface area contributed by atoms with E-state index < -0.39 is 5.60 Å². The molecule has 0 radical (unpaired) electrons. The number of pyridine rings is 1. The largest absolute Gasteiger partial charge is 0.490 e. The molecular weight excluding hydrogens is 316 g/mol. The lowest BCUT2D eigenvalue weighted by Crippen LogP contribution is -2.55. The predicted molar refractivity (Wildman–Crippen MR) is 90.0 cm³/mol. The van der Waals surface area contributed by atoms with Crippen molar-refractivity contribution in [2.45, 2.75) is 45.3 Å². The predicted octanol–water partition coefficient (Wildman–Crippen LogP) is 3.85. The monoisotopic (exact) mass is 338 g/mol. The molecule has 1 saturated heterocycles. The quantitative estimate of drug-likeness (QED) is 0.604. The average molecular weight is 339 g/mol. The molecular formula is C17H23ClN2O3. The molecule has 5 nitrogen and oxygen atoms in total. The van der Waals surface area contributed by atoms with Crippen LogP contribution in [0.15, 0.2) is 24.9 Å². The van der Waals surface area contributed by atoms with Gasteiger partial charge < -0.3 is 14.4 Å². The summed E-state index contributed by atoms with van der Waals surface area (Å²) in [6.45, 7) is 10.4. The lowest BCUT2D eigenvalue weighted by Gasteiger charge is -2.40. The number of allylic oxidation sites excluding steroid dienone is 1. The molecule has 0 spiro atoms. The highest BCUT2D eigenvalue weighted by Crippen LogP contribution is 2.24. The van der Waals surface area contributed by atoms with E-state index in [-0.39, 0.29) is 12.1 Å². The van der Waals surface area contributed by atoms with E-state index in [0.29, 0.717) is 30.5 Å². The van der Waals surface area contributed by atoms with Gasteiger partial charge in [0, 0.05) is 6.54 Å². The number of aromatic nitrogens is 1. The summed E-state index contributed by atoms with van der Waals surface area (Å²) in [6, 6.07) is 1.89. The maximum Gasteiger partial charge on any atom is 0.410 e. The SMILES string of the molecule is C=CCc1cc(OC[C@@H]2CCN2C(=O)OC(C)(C)C)cnc1Cl. The summed E-state index contributed by atoms with van der Waals surface area (Å²) in [5, 5.41) is 0.455. The number of hydrogen-bond acceptors (Lipinski definition) is 4. The van der Waals surface area contributed by atoms with Crippen molar-refractivity contribution < 1.29 is 14.3 Å². The Kier molecular flexibility index (Phi) is 5.52. The van der Waals surface area contributed by atoms with Crippen molar-refractivity contribution in [1.29, 1.82) is 0 Å². The first-order valence-electron chi connectivity index (χ1n) is 7.68. The van der Waals surface area contributed by atoms with Crippen LogP contribution in [0.1, 0.15) is 32.8 Å². The van der Waals surface area contributed by atoms with Gasteiger partial charge in [-0.25, -0.2) is 9.78 Å². The highest BCUT2D eigenvalue weighted by Gasteiger charge is 2.35. The van der Waals surface area contributed by atoms with Crippen LogP contribution in [-0.2, 0) is 11.2 Å². The Morgan fingerprint density at radius 2 is 2.30 bits per heavy atom. The first-order chi connectivity index (χ1) is 10.8. The van der Waals surface area contributed by atoms with Gasteiger partial charge in [-0.3, -0.25) is 0 Å². The minimum Gasteiger partial charge on any atom is -0.490 e. The normalized spacial score (nSPS) is 17.4. The van der Waals surface area contributed by atoms with E-state index in [1.165, 1.54) is 0 Å². The van der Waals surface area contributed by atoms with Gasteiger partial charge >= 0.3 is 6.09 Å². The van der Waals surface area contributed by atoms with Crippen molar-refractivity contribution in [3.05, 3.63) is 35.6 Å². The van der Waals surface area contributed by atoms with Gasteiger partial charge in [-0.1, -0.05) is 17.7 Å². The topological polar surface area (TPSA) is 51.7 Å². The van der Waals surface area contributed by atoms with Crippen LogP contribution in [-0.4, -0.2) is 40.8 Å². The number of rotatable bonds is 5. The molecule has 23 heavy (non-hydrogen) atoms. The second-order valence-electron chi connectivity index (χ2n) is 6.54. The standard InChI is InChI=1S/C17H23ClN2O3/c1-5-6-12-9-14(10-19-15(12)18)22-11-13-7-8-20(13)16(21)23-17(2,3)4/h5,9-10,13H,1,6-8,11H2,2-4H3/t13-/m0/s1. The smallest absolute Gasteiger partial charge is 0.410 e. The Hall–Kier alpha value is -1.75. The number of ether oxygens (including phenoxy) is 2. The summed E-state index contributed by atoms with van der Waals surface area (Å²) < 4.78 is 11.1. The molecule has 1 atom stereocenters. The third-order valence-electron chi connectivity index (χ3n) is 3.47. The van der Waals surface area contributed by atoms with Gasteiger partial charge in [-0.2, -0.15) is 0 Å². The van der Waals surface area contributed by atoms with Gasteiger partial charge in [-0.05, 0) is 45.2 Å². The molecule has 0 N–H and O–H groups in total. The average Bonchev–Trinajstić information content (AvgIpc) is 2.39. The Bertz CT molecular complexity index is 584. The molecule has 0 aliphatic carbocycles. The van der Waals surface area contributed by atoms with Crippen molar-refractivity contribution in [3.8, 4) is 5.75 Å². The van der Waals surface area contributed by atoms with Crippen LogP contribution in [0, 0.1) is 0 Å². The fourth-order valence-electron chi connectivity index (χ4n) is 2.22. The number of likely N-dealkylation sites (tertiary alicyclic amines) is 1. The van der Waals surface area contributed by atoms with Crippen LogP contribution in [0.3, 0.4) is 0 Å². The Morgan fingerprint density at radius 3 is 2.87 bits per heavy atom. The highest BCUT2D eigenvalue weighted by molar-refractivity contribution is 6.30. The zero-order valence-electron chi connectivity index (χ0n) is 13.8. The van der Waals surface area contributed by atoms with Crippen LogP contribution >= 0.6 is 11.6 Å². The van der Waals surface area contributed by atoms with Crippen molar-refractivity contribution in [2.24, 2.45) is 0 Å². The maximum atomic E-state index is 12.1. The van der Waals surface area contributed by atoms with Gasteiger partial charge in [0.1, 0.15) is 23.1 Å². The van der Waals surface area contributed by atoms with E-state index in [2.05, 4.69) is 11.6 Å². The van der Waals surface area contributed by atoms with Gasteiger partial charge in [0.05, 0.1) is 12.2 Å². The Balaban J connectivity index is 1.90. The zero-order chi connectivity index (χ0) is 17.0. The Morgan fingerprint density at radius 1 is 1.57 bits per heavy atom. The van der Waals surface area contributed by atoms with Crippen molar-refractivity contribution in [3.63, 3.8) is 0 Å². The third kappa shape index (κ3) is 4.86. The molecule has 1 aromatic rings. The summed E-state index contributed by atoms with van der Waals surface area (Å²) in [6.07, 6.45) is 4.60. The summed E-state index contributed by atoms with van der Waals surface area (Å²) in [7, 11) is 0. The maximum absolute atomic E-state index is 12.1. The molecule has 6 heteroatoms. The number of hydrogen-bond donors (Lipinski definition) is 0. The van der Waals surface area contributed by atoms with E-state index >= 15 is 0 Å². The van der Waals surface area contributed by atoms with Gasteiger partial charge in [0.15, 0.2) is 0 Å². The number of amides is 1. The molecule has 1 aliphatic heterocycles. The third-order valence-corrected chi connectivity index (χ3v) is 3.81. The molecule has 2 rings (SSSR count). The van der Waals surface area contributed by atoms with E-state index in [4.69, 9.17) is 21.1 Å². The fraction of sp³-hybridized carbons (Fsp3) is 0.529. The number of nitrogens with zero attached hydrogens (tertiary/aromatic N) is 2. The van der Waals surface area contributed by atoms with E-state index in [1.807, 2.05) is 26.8 Å². The van der Waals surface area contributed by atoms with E-state index in [1.54, 1.807) is 17.2 Å². The first-order valence-corrected chi connectivity index (χ1v) is 8.05. The second-order valence-corrected chi connectivity index (χ2v) is 6.90. The first kappa shape index (κ1) is 17.6. The molecule has 126 valence electrons. The summed E-state index contributed by atoms with van der Waals surface area (Å²) in [5.74, 6) is 0.641. The van der Waals surface area contributed by atoms with Crippen molar-refractivity contribution >= 4 is 17.7 Å². The van der Waals surface area contributed by atoms with E-state index in [0.717, 1.165) is 12.0 Å². The number of carbonyl (C=O) groups excluding carboxylic acids is 1. The lowest BCUT2D eigenvalue weighted by molar-refractivity contribution is -0.0141. The Labute approximate surface area is 142 Å². The van der Waals surface area contributed by atoms with Gasteiger partial charge in [0.25, 0.3) is 0 Å². The highest BCUT2D eigenvalue weighted by atomic mass is 35.5. The van der Waals surface area contributed by atoms with Gasteiger partial charge in [0.2, 0.25) is 0 Å². The summed E-state index contributed by atoms with van der Waals surface area (Å²) in [5.41, 5.74) is 0.384. The molecule has 0 saturated carbocycles. The molecule has 1 fully saturated rings. The molecule has 1 aromatic heterocycles. The minimum atomic E-state index is -0.488. The van der Waals surface area contributed by atoms with E-state index in [9.17, 15) is 4.79 Å². The molecule has 1 aliphatic rings. The van der Waals surface area contributed by atoms with Gasteiger partial charge in [-0.15, -0.1) is 6.58 Å². The van der Waals surface area contributed by atoms with Crippen LogP contribution in [0.2, 0.25) is 5.15 Å². The number of carbonyl (C=O) groups is 1. The molecule has 0 aromatic carbocycles. The molecule has 1 amide bonds. The lowest BCUT2D eigenvalue weighted by atomic mass is 10.1. The molecule has 0 bridgehead atoms. The van der Waals surface area contributed by atoms with Crippen molar-refractivity contribution in [1.82, 2.24) is 9.88 Å². The fourth-order valence-corrected chi connectivity index (χ4v) is 2.40. The van der Waals surface area contributed by atoms with Crippen molar-refractivity contribution in [2.75, 3.05) is 13.2 Å².